The van der Waals surface area contributed by atoms with Crippen molar-refractivity contribution in [2.24, 2.45) is 5.41 Å². The third kappa shape index (κ3) is 4.29. The highest BCUT2D eigenvalue weighted by Gasteiger charge is 2.31. The maximum absolute atomic E-state index is 13.6. The van der Waals surface area contributed by atoms with Gasteiger partial charge in [-0.05, 0) is 25.0 Å². The van der Waals surface area contributed by atoms with Gasteiger partial charge >= 0.3 is 0 Å². The van der Waals surface area contributed by atoms with Crippen LogP contribution in [0.2, 0.25) is 0 Å². The van der Waals surface area contributed by atoms with Crippen LogP contribution in [0.15, 0.2) is 18.2 Å². The Morgan fingerprint density at radius 1 is 1.25 bits per heavy atom. The second-order valence-corrected chi connectivity index (χ2v) is 5.45. The molecule has 2 nitrogen and oxygen atoms in total. The summed E-state index contributed by atoms with van der Waals surface area (Å²) in [5.74, 6) is -1.60. The monoisotopic (exact) mass is 283 g/mol. The summed E-state index contributed by atoms with van der Waals surface area (Å²) < 4.78 is 26.4. The van der Waals surface area contributed by atoms with E-state index in [0.717, 1.165) is 37.8 Å². The number of anilines is 1. The van der Waals surface area contributed by atoms with Gasteiger partial charge in [0, 0.05) is 11.5 Å². The number of carbonyl (C=O) groups is 1. The predicted molar refractivity (Wildman–Crippen MR) is 77.5 cm³/mol. The first-order valence-corrected chi connectivity index (χ1v) is 7.19. The number of amides is 1. The van der Waals surface area contributed by atoms with Gasteiger partial charge in [0.05, 0.1) is 5.69 Å². The first-order valence-electron chi connectivity index (χ1n) is 7.19. The molecule has 0 heterocycles. The summed E-state index contributed by atoms with van der Waals surface area (Å²) in [6, 6.07) is 3.17. The molecule has 0 fully saturated rings. The molecule has 0 spiro atoms. The topological polar surface area (TPSA) is 29.1 Å². The molecule has 1 aromatic carbocycles. The summed E-state index contributed by atoms with van der Waals surface area (Å²) in [6.45, 7) is 5.95. The average molecular weight is 283 g/mol. The van der Waals surface area contributed by atoms with E-state index in [1.807, 2.05) is 13.8 Å². The molecule has 1 amide bonds. The Morgan fingerprint density at radius 2 is 1.95 bits per heavy atom. The third-order valence-corrected chi connectivity index (χ3v) is 3.84. The van der Waals surface area contributed by atoms with Crippen molar-refractivity contribution in [1.29, 1.82) is 0 Å². The first kappa shape index (κ1) is 16.6. The summed E-state index contributed by atoms with van der Waals surface area (Å²) in [5, 5.41) is 2.58. The molecule has 0 aliphatic heterocycles. The van der Waals surface area contributed by atoms with Crippen molar-refractivity contribution in [3.8, 4) is 0 Å². The van der Waals surface area contributed by atoms with E-state index in [1.54, 1.807) is 0 Å². The normalized spacial score (nSPS) is 13.8. The molecule has 4 heteroatoms. The summed E-state index contributed by atoms with van der Waals surface area (Å²) >= 11 is 0. The summed E-state index contributed by atoms with van der Waals surface area (Å²) in [5.41, 5.74) is -0.484. The lowest BCUT2D eigenvalue weighted by Crippen LogP contribution is -2.33. The number of rotatable bonds is 7. The predicted octanol–water partition coefficient (Wildman–Crippen LogP) is 4.90. The summed E-state index contributed by atoms with van der Waals surface area (Å²) in [7, 11) is 0. The molecule has 0 bridgehead atoms. The van der Waals surface area contributed by atoms with Crippen LogP contribution in [0.25, 0.3) is 0 Å². The average Bonchev–Trinajstić information content (AvgIpc) is 2.41. The van der Waals surface area contributed by atoms with Gasteiger partial charge in [-0.25, -0.2) is 8.78 Å². The Labute approximate surface area is 119 Å². The molecule has 0 aliphatic carbocycles. The number of carbonyl (C=O) groups excluding carboxylic acids is 1. The van der Waals surface area contributed by atoms with Gasteiger partial charge in [-0.1, -0.05) is 40.0 Å². The Kier molecular flexibility index (Phi) is 6.11. The van der Waals surface area contributed by atoms with E-state index >= 15 is 0 Å². The van der Waals surface area contributed by atoms with Crippen LogP contribution < -0.4 is 5.32 Å². The maximum atomic E-state index is 13.6. The molecule has 1 aromatic rings. The molecule has 0 aromatic heterocycles. The second kappa shape index (κ2) is 7.36. The molecule has 0 radical (unpaired) electrons. The van der Waals surface area contributed by atoms with Crippen LogP contribution in [0.3, 0.4) is 0 Å². The number of nitrogens with one attached hydrogen (secondary N) is 1. The molecular weight excluding hydrogens is 260 g/mol. The number of benzene rings is 1. The fraction of sp³-hybridized carbons (Fsp3) is 0.562. The Bertz CT molecular complexity index is 462. The molecule has 0 saturated heterocycles. The summed E-state index contributed by atoms with van der Waals surface area (Å²) in [4.78, 5) is 12.3. The number of hydrogen-bond acceptors (Lipinski definition) is 1. The molecule has 1 rings (SSSR count). The van der Waals surface area contributed by atoms with Crippen LogP contribution in [0.1, 0.15) is 52.9 Å². The zero-order valence-electron chi connectivity index (χ0n) is 12.4. The van der Waals surface area contributed by atoms with E-state index in [1.165, 1.54) is 6.07 Å². The van der Waals surface area contributed by atoms with Gasteiger partial charge in [0.25, 0.3) is 0 Å². The van der Waals surface area contributed by atoms with Crippen LogP contribution in [0, 0.1) is 17.0 Å². The van der Waals surface area contributed by atoms with Crippen molar-refractivity contribution >= 4 is 11.6 Å². The van der Waals surface area contributed by atoms with Crippen molar-refractivity contribution in [2.45, 2.75) is 52.9 Å². The third-order valence-electron chi connectivity index (χ3n) is 3.84. The molecule has 0 aliphatic rings. The van der Waals surface area contributed by atoms with Crippen molar-refractivity contribution in [2.75, 3.05) is 5.32 Å². The highest BCUT2D eigenvalue weighted by molar-refractivity contribution is 5.95. The lowest BCUT2D eigenvalue weighted by atomic mass is 9.81. The number of halogens is 2. The van der Waals surface area contributed by atoms with Gasteiger partial charge in [0.15, 0.2) is 0 Å². The maximum Gasteiger partial charge on any atom is 0.230 e. The lowest BCUT2D eigenvalue weighted by Gasteiger charge is -2.27. The largest absolute Gasteiger partial charge is 0.323 e. The van der Waals surface area contributed by atoms with Crippen molar-refractivity contribution in [3.05, 3.63) is 29.8 Å². The molecule has 20 heavy (non-hydrogen) atoms. The van der Waals surface area contributed by atoms with Gasteiger partial charge in [-0.2, -0.15) is 0 Å². The van der Waals surface area contributed by atoms with E-state index in [2.05, 4.69) is 12.2 Å². The van der Waals surface area contributed by atoms with Crippen molar-refractivity contribution in [1.82, 2.24) is 0 Å². The minimum atomic E-state index is -0.745. The van der Waals surface area contributed by atoms with Crippen LogP contribution in [-0.4, -0.2) is 5.91 Å². The minimum Gasteiger partial charge on any atom is -0.323 e. The first-order chi connectivity index (χ1) is 9.42. The SMILES string of the molecule is CCCCCC(C)(CC)C(=O)Nc1ccc(F)cc1F. The van der Waals surface area contributed by atoms with Crippen molar-refractivity contribution in [3.63, 3.8) is 0 Å². The standard InChI is InChI=1S/C16H23F2NO/c1-4-6-7-10-16(3,5-2)15(20)19-14-9-8-12(17)11-13(14)18/h8-9,11H,4-7,10H2,1-3H3,(H,19,20). The van der Waals surface area contributed by atoms with Crippen LogP contribution in [0.5, 0.6) is 0 Å². The lowest BCUT2D eigenvalue weighted by molar-refractivity contribution is -0.125. The quantitative estimate of drug-likeness (QED) is 0.708. The Morgan fingerprint density at radius 3 is 2.50 bits per heavy atom. The van der Waals surface area contributed by atoms with Crippen LogP contribution in [0.4, 0.5) is 14.5 Å². The van der Waals surface area contributed by atoms with Crippen LogP contribution in [-0.2, 0) is 4.79 Å². The number of hydrogen-bond donors (Lipinski definition) is 1. The fourth-order valence-corrected chi connectivity index (χ4v) is 2.08. The van der Waals surface area contributed by atoms with Gasteiger partial charge in [0.1, 0.15) is 11.6 Å². The highest BCUT2D eigenvalue weighted by Crippen LogP contribution is 2.30. The van der Waals surface area contributed by atoms with Crippen LogP contribution >= 0.6 is 0 Å². The van der Waals surface area contributed by atoms with Gasteiger partial charge < -0.3 is 5.32 Å². The summed E-state index contributed by atoms with van der Waals surface area (Å²) in [6.07, 6.45) is 4.60. The highest BCUT2D eigenvalue weighted by atomic mass is 19.1. The Hall–Kier alpha value is -1.45. The smallest absolute Gasteiger partial charge is 0.230 e. The van der Waals surface area contributed by atoms with Gasteiger partial charge in [-0.15, -0.1) is 0 Å². The van der Waals surface area contributed by atoms with E-state index in [9.17, 15) is 13.6 Å². The molecule has 1 N–H and O–H groups in total. The fourth-order valence-electron chi connectivity index (χ4n) is 2.08. The van der Waals surface area contributed by atoms with Gasteiger partial charge in [-0.3, -0.25) is 4.79 Å². The molecule has 0 saturated carbocycles. The van der Waals surface area contributed by atoms with E-state index in [0.29, 0.717) is 6.42 Å². The van der Waals surface area contributed by atoms with E-state index in [4.69, 9.17) is 0 Å². The zero-order valence-corrected chi connectivity index (χ0v) is 12.4. The van der Waals surface area contributed by atoms with E-state index < -0.39 is 17.0 Å². The molecule has 1 unspecified atom stereocenters. The zero-order chi connectivity index (χ0) is 15.2. The van der Waals surface area contributed by atoms with Gasteiger partial charge in [0.2, 0.25) is 5.91 Å². The molecule has 1 atom stereocenters. The number of unbranched alkanes of at least 4 members (excludes halogenated alkanes) is 2. The van der Waals surface area contributed by atoms with E-state index in [-0.39, 0.29) is 11.6 Å². The van der Waals surface area contributed by atoms with Crippen molar-refractivity contribution < 1.29 is 13.6 Å². The second-order valence-electron chi connectivity index (χ2n) is 5.45. The molecular formula is C16H23F2NO. The Balaban J connectivity index is 2.76. The minimum absolute atomic E-state index is 0.0339. The molecule has 112 valence electrons.